The summed E-state index contributed by atoms with van der Waals surface area (Å²) in [6, 6.07) is 16.2. The standard InChI is InChI=1S/C17H17NO2/c1-20-17(19)14-8-4-5-9-15(14)18-16-11-10-12-6-2-3-7-13(12)16/h2-9,16,18H,10-11H2,1H3. The quantitative estimate of drug-likeness (QED) is 0.864. The average Bonchev–Trinajstić information content (AvgIpc) is 2.90. The van der Waals surface area contributed by atoms with E-state index in [0.717, 1.165) is 18.5 Å². The highest BCUT2D eigenvalue weighted by atomic mass is 16.5. The van der Waals surface area contributed by atoms with Crippen molar-refractivity contribution in [1.29, 1.82) is 0 Å². The zero-order valence-corrected chi connectivity index (χ0v) is 11.4. The molecule has 0 aliphatic heterocycles. The molecule has 1 aliphatic rings. The zero-order valence-electron chi connectivity index (χ0n) is 11.4. The molecule has 0 amide bonds. The van der Waals surface area contributed by atoms with Crippen molar-refractivity contribution in [1.82, 2.24) is 0 Å². The molecule has 0 saturated heterocycles. The van der Waals surface area contributed by atoms with Gasteiger partial charge in [0, 0.05) is 5.69 Å². The second-order valence-electron chi connectivity index (χ2n) is 4.97. The fourth-order valence-corrected chi connectivity index (χ4v) is 2.79. The van der Waals surface area contributed by atoms with Gasteiger partial charge < -0.3 is 10.1 Å². The highest BCUT2D eigenvalue weighted by Gasteiger charge is 2.23. The van der Waals surface area contributed by atoms with Crippen molar-refractivity contribution < 1.29 is 9.53 Å². The van der Waals surface area contributed by atoms with E-state index in [1.165, 1.54) is 18.2 Å². The molecule has 0 radical (unpaired) electrons. The van der Waals surface area contributed by atoms with E-state index in [1.54, 1.807) is 6.07 Å². The predicted molar refractivity (Wildman–Crippen MR) is 78.9 cm³/mol. The van der Waals surface area contributed by atoms with E-state index in [2.05, 4.69) is 29.6 Å². The van der Waals surface area contributed by atoms with Crippen LogP contribution in [-0.4, -0.2) is 13.1 Å². The molecule has 0 bridgehead atoms. The minimum atomic E-state index is -0.306. The van der Waals surface area contributed by atoms with Gasteiger partial charge in [0.2, 0.25) is 0 Å². The average molecular weight is 267 g/mol. The molecule has 1 N–H and O–H groups in total. The van der Waals surface area contributed by atoms with Crippen molar-refractivity contribution >= 4 is 11.7 Å². The lowest BCUT2D eigenvalue weighted by Gasteiger charge is -2.17. The number of anilines is 1. The molecule has 0 spiro atoms. The van der Waals surface area contributed by atoms with E-state index in [4.69, 9.17) is 4.74 Å². The van der Waals surface area contributed by atoms with Crippen molar-refractivity contribution in [3.05, 3.63) is 65.2 Å². The first-order valence-corrected chi connectivity index (χ1v) is 6.81. The van der Waals surface area contributed by atoms with Crippen LogP contribution in [0.25, 0.3) is 0 Å². The number of rotatable bonds is 3. The number of ether oxygens (including phenoxy) is 1. The van der Waals surface area contributed by atoms with Gasteiger partial charge in [0.15, 0.2) is 0 Å². The van der Waals surface area contributed by atoms with Crippen molar-refractivity contribution in [2.75, 3.05) is 12.4 Å². The van der Waals surface area contributed by atoms with Crippen LogP contribution >= 0.6 is 0 Å². The van der Waals surface area contributed by atoms with Crippen LogP contribution in [0, 0.1) is 0 Å². The Hall–Kier alpha value is -2.29. The Morgan fingerprint density at radius 2 is 1.90 bits per heavy atom. The minimum Gasteiger partial charge on any atom is -0.465 e. The van der Waals surface area contributed by atoms with E-state index >= 15 is 0 Å². The number of para-hydroxylation sites is 1. The molecule has 2 aromatic rings. The Morgan fingerprint density at radius 3 is 2.75 bits per heavy atom. The smallest absolute Gasteiger partial charge is 0.339 e. The third-order valence-corrected chi connectivity index (χ3v) is 3.79. The van der Waals surface area contributed by atoms with E-state index < -0.39 is 0 Å². The lowest BCUT2D eigenvalue weighted by molar-refractivity contribution is 0.0602. The van der Waals surface area contributed by atoms with Crippen molar-refractivity contribution in [2.45, 2.75) is 18.9 Å². The van der Waals surface area contributed by atoms with Crippen LogP contribution in [0.1, 0.15) is 33.9 Å². The van der Waals surface area contributed by atoms with Gasteiger partial charge in [-0.2, -0.15) is 0 Å². The fourth-order valence-electron chi connectivity index (χ4n) is 2.79. The molecule has 0 saturated carbocycles. The van der Waals surface area contributed by atoms with Gasteiger partial charge >= 0.3 is 5.97 Å². The maximum absolute atomic E-state index is 11.8. The lowest BCUT2D eigenvalue weighted by atomic mass is 10.1. The molecule has 2 aromatic carbocycles. The Morgan fingerprint density at radius 1 is 1.15 bits per heavy atom. The number of methoxy groups -OCH3 is 1. The van der Waals surface area contributed by atoms with Crippen LogP contribution in [0.5, 0.6) is 0 Å². The first-order chi connectivity index (χ1) is 9.79. The van der Waals surface area contributed by atoms with Crippen LogP contribution in [0.3, 0.4) is 0 Å². The topological polar surface area (TPSA) is 38.3 Å². The Kier molecular flexibility index (Phi) is 3.42. The van der Waals surface area contributed by atoms with E-state index in [9.17, 15) is 4.79 Å². The van der Waals surface area contributed by atoms with E-state index in [0.29, 0.717) is 5.56 Å². The number of esters is 1. The van der Waals surface area contributed by atoms with Gasteiger partial charge in [0.05, 0.1) is 18.7 Å². The van der Waals surface area contributed by atoms with Crippen molar-refractivity contribution in [3.8, 4) is 0 Å². The molecular formula is C17H17NO2. The maximum atomic E-state index is 11.8. The Bertz CT molecular complexity index is 636. The molecule has 102 valence electrons. The predicted octanol–water partition coefficient (Wildman–Crippen LogP) is 3.57. The molecule has 1 aliphatic carbocycles. The van der Waals surface area contributed by atoms with Gasteiger partial charge in [0.1, 0.15) is 0 Å². The molecule has 0 fully saturated rings. The van der Waals surface area contributed by atoms with Gasteiger partial charge in [-0.15, -0.1) is 0 Å². The highest BCUT2D eigenvalue weighted by molar-refractivity contribution is 5.95. The van der Waals surface area contributed by atoms with E-state index in [-0.39, 0.29) is 12.0 Å². The number of aryl methyl sites for hydroxylation is 1. The molecular weight excluding hydrogens is 250 g/mol. The largest absolute Gasteiger partial charge is 0.465 e. The summed E-state index contributed by atoms with van der Waals surface area (Å²) in [5.41, 5.74) is 4.13. The summed E-state index contributed by atoms with van der Waals surface area (Å²) in [5.74, 6) is -0.306. The number of carbonyl (C=O) groups excluding carboxylic acids is 1. The molecule has 20 heavy (non-hydrogen) atoms. The lowest BCUT2D eigenvalue weighted by Crippen LogP contribution is -2.12. The molecule has 3 nitrogen and oxygen atoms in total. The minimum absolute atomic E-state index is 0.261. The summed E-state index contributed by atoms with van der Waals surface area (Å²) in [4.78, 5) is 11.8. The number of hydrogen-bond acceptors (Lipinski definition) is 3. The van der Waals surface area contributed by atoms with Gasteiger partial charge in [0.25, 0.3) is 0 Å². The van der Waals surface area contributed by atoms with Crippen LogP contribution in [0.2, 0.25) is 0 Å². The summed E-state index contributed by atoms with van der Waals surface area (Å²) in [6.45, 7) is 0. The van der Waals surface area contributed by atoms with Crippen molar-refractivity contribution in [3.63, 3.8) is 0 Å². The molecule has 0 aromatic heterocycles. The molecule has 1 atom stereocenters. The third kappa shape index (κ3) is 2.27. The Balaban J connectivity index is 1.88. The zero-order chi connectivity index (χ0) is 13.9. The van der Waals surface area contributed by atoms with Crippen LogP contribution < -0.4 is 5.32 Å². The molecule has 3 rings (SSSR count). The Labute approximate surface area is 118 Å². The van der Waals surface area contributed by atoms with Gasteiger partial charge in [-0.05, 0) is 36.1 Å². The first-order valence-electron chi connectivity index (χ1n) is 6.81. The number of hydrogen-bond donors (Lipinski definition) is 1. The fraction of sp³-hybridized carbons (Fsp3) is 0.235. The van der Waals surface area contributed by atoms with Crippen LogP contribution in [-0.2, 0) is 11.2 Å². The summed E-state index contributed by atoms with van der Waals surface area (Å²) < 4.78 is 4.83. The number of carbonyl (C=O) groups is 1. The summed E-state index contributed by atoms with van der Waals surface area (Å²) in [7, 11) is 1.41. The summed E-state index contributed by atoms with van der Waals surface area (Å²) in [5, 5.41) is 3.48. The second-order valence-corrected chi connectivity index (χ2v) is 4.97. The molecule has 0 heterocycles. The normalized spacial score (nSPS) is 16.6. The van der Waals surface area contributed by atoms with Gasteiger partial charge in [-0.1, -0.05) is 36.4 Å². The number of benzene rings is 2. The van der Waals surface area contributed by atoms with Crippen molar-refractivity contribution in [2.24, 2.45) is 0 Å². The number of nitrogens with one attached hydrogen (secondary N) is 1. The first kappa shape index (κ1) is 12.7. The number of fused-ring (bicyclic) bond motifs is 1. The SMILES string of the molecule is COC(=O)c1ccccc1NC1CCc2ccccc21. The highest BCUT2D eigenvalue weighted by Crippen LogP contribution is 2.34. The summed E-state index contributed by atoms with van der Waals surface area (Å²) >= 11 is 0. The van der Waals surface area contributed by atoms with Crippen LogP contribution in [0.15, 0.2) is 48.5 Å². The van der Waals surface area contributed by atoms with Crippen LogP contribution in [0.4, 0.5) is 5.69 Å². The van der Waals surface area contributed by atoms with Gasteiger partial charge in [-0.3, -0.25) is 0 Å². The maximum Gasteiger partial charge on any atom is 0.339 e. The van der Waals surface area contributed by atoms with Gasteiger partial charge in [-0.25, -0.2) is 4.79 Å². The van der Waals surface area contributed by atoms with E-state index in [1.807, 2.05) is 18.2 Å². The second kappa shape index (κ2) is 5.37. The third-order valence-electron chi connectivity index (χ3n) is 3.79. The monoisotopic (exact) mass is 267 g/mol. The summed E-state index contributed by atoms with van der Waals surface area (Å²) in [6.07, 6.45) is 2.13. The molecule has 1 unspecified atom stereocenters. The molecule has 3 heteroatoms.